The lowest BCUT2D eigenvalue weighted by Crippen LogP contribution is -2.82. The molecule has 2 spiro atoms. The molecule has 5 nitrogen and oxygen atoms in total. The van der Waals surface area contributed by atoms with Crippen molar-refractivity contribution < 1.29 is 19.3 Å². The zero-order chi connectivity index (χ0) is 22.1. The van der Waals surface area contributed by atoms with Gasteiger partial charge in [0.15, 0.2) is 11.5 Å². The van der Waals surface area contributed by atoms with Gasteiger partial charge in [-0.1, -0.05) is 6.07 Å². The van der Waals surface area contributed by atoms with E-state index in [1.54, 1.807) is 7.11 Å². The van der Waals surface area contributed by atoms with Gasteiger partial charge in [-0.25, -0.2) is 0 Å². The van der Waals surface area contributed by atoms with E-state index in [0.717, 1.165) is 56.1 Å². The number of ether oxygens (including phenoxy) is 3. The summed E-state index contributed by atoms with van der Waals surface area (Å²) >= 11 is 0. The second kappa shape index (κ2) is 6.03. The minimum Gasteiger partial charge on any atom is -0.493 e. The van der Waals surface area contributed by atoms with Gasteiger partial charge in [-0.2, -0.15) is 0 Å². The molecule has 2 heterocycles. The smallest absolute Gasteiger partial charge is 0.165 e. The number of methoxy groups -OCH3 is 2. The fourth-order valence-corrected chi connectivity index (χ4v) is 9.38. The first-order valence-electron chi connectivity index (χ1n) is 12.7. The van der Waals surface area contributed by atoms with Gasteiger partial charge in [0.05, 0.1) is 12.7 Å². The van der Waals surface area contributed by atoms with E-state index in [2.05, 4.69) is 17.0 Å². The Hall–Kier alpha value is -1.30. The van der Waals surface area contributed by atoms with Crippen molar-refractivity contribution >= 4 is 0 Å². The fraction of sp³-hybridized carbons (Fsp3) is 0.778. The molecule has 4 saturated carbocycles. The minimum absolute atomic E-state index is 0.0365. The van der Waals surface area contributed by atoms with Gasteiger partial charge in [-0.3, -0.25) is 4.90 Å². The molecule has 0 radical (unpaired) electrons. The molecule has 6 atom stereocenters. The number of nitrogens with zero attached hydrogens (tertiary/aromatic N) is 1. The number of hydrogen-bond acceptors (Lipinski definition) is 5. The Balaban J connectivity index is 1.49. The molecular weight excluding hydrogens is 402 g/mol. The Bertz CT molecular complexity index is 983. The molecule has 1 N–H and O–H groups in total. The molecule has 174 valence electrons. The summed E-state index contributed by atoms with van der Waals surface area (Å²) in [6, 6.07) is 4.94. The van der Waals surface area contributed by atoms with Crippen LogP contribution in [0.1, 0.15) is 63.5 Å². The highest BCUT2D eigenvalue weighted by atomic mass is 16.6. The molecule has 1 saturated heterocycles. The van der Waals surface area contributed by atoms with Gasteiger partial charge in [0.25, 0.3) is 0 Å². The molecule has 1 aromatic rings. The highest BCUT2D eigenvalue weighted by Crippen LogP contribution is 2.77. The predicted octanol–water partition coefficient (Wildman–Crippen LogP) is 3.69. The van der Waals surface area contributed by atoms with E-state index < -0.39 is 11.2 Å². The molecule has 5 fully saturated rings. The third-order valence-electron chi connectivity index (χ3n) is 10.7. The summed E-state index contributed by atoms with van der Waals surface area (Å²) in [7, 11) is 3.60. The zero-order valence-corrected chi connectivity index (χ0v) is 19.9. The summed E-state index contributed by atoms with van der Waals surface area (Å²) in [5.74, 6) is 2.76. The lowest BCUT2D eigenvalue weighted by molar-refractivity contribution is -0.300. The third-order valence-corrected chi connectivity index (χ3v) is 10.7. The van der Waals surface area contributed by atoms with Gasteiger partial charge >= 0.3 is 0 Å². The Labute approximate surface area is 191 Å². The van der Waals surface area contributed by atoms with Crippen LogP contribution in [0.25, 0.3) is 0 Å². The molecule has 32 heavy (non-hydrogen) atoms. The van der Waals surface area contributed by atoms with Crippen molar-refractivity contribution in [1.82, 2.24) is 4.90 Å². The number of aliphatic hydroxyl groups is 1. The first-order valence-corrected chi connectivity index (χ1v) is 12.7. The molecule has 2 aliphatic heterocycles. The standard InChI is InChI=1S/C27H37NO4/c1-24(2,29)19-14-25-9-10-27(19,31-4)23-26(25)11-12-28(15-16-5-6-16)20(25)13-17-7-8-18(30-3)22(32-23)21(17)26/h7-8,16,19-20,23,29H,5-6,9-15H2,1-4H3/t19-,20?,23?,25?,26+,27-/m1/s1. The largest absolute Gasteiger partial charge is 0.493 e. The molecule has 5 aliphatic carbocycles. The zero-order valence-electron chi connectivity index (χ0n) is 19.9. The van der Waals surface area contributed by atoms with Crippen molar-refractivity contribution in [3.8, 4) is 11.5 Å². The molecule has 0 amide bonds. The quantitative estimate of drug-likeness (QED) is 0.758. The Morgan fingerprint density at radius 3 is 2.69 bits per heavy atom. The van der Waals surface area contributed by atoms with Crippen LogP contribution in [0.15, 0.2) is 12.1 Å². The van der Waals surface area contributed by atoms with Gasteiger partial charge in [-0.15, -0.1) is 0 Å². The number of likely N-dealkylation sites (tertiary alicyclic amines) is 1. The van der Waals surface area contributed by atoms with Gasteiger partial charge in [0, 0.05) is 42.0 Å². The second-order valence-electron chi connectivity index (χ2n) is 12.2. The van der Waals surface area contributed by atoms with E-state index in [1.807, 2.05) is 21.0 Å². The van der Waals surface area contributed by atoms with Gasteiger partial charge in [-0.05, 0) is 82.9 Å². The average molecular weight is 440 g/mol. The molecule has 4 bridgehead atoms. The van der Waals surface area contributed by atoms with Crippen LogP contribution in [0.2, 0.25) is 0 Å². The molecule has 3 unspecified atom stereocenters. The molecular formula is C27H37NO4. The van der Waals surface area contributed by atoms with E-state index >= 15 is 0 Å². The first-order chi connectivity index (χ1) is 15.3. The highest BCUT2D eigenvalue weighted by Gasteiger charge is 2.81. The Kier molecular flexibility index (Phi) is 3.79. The van der Waals surface area contributed by atoms with Crippen LogP contribution in [0, 0.1) is 17.3 Å². The molecule has 8 rings (SSSR count). The highest BCUT2D eigenvalue weighted by molar-refractivity contribution is 5.63. The van der Waals surface area contributed by atoms with Crippen LogP contribution >= 0.6 is 0 Å². The van der Waals surface area contributed by atoms with E-state index in [9.17, 15) is 5.11 Å². The normalized spacial score (nSPS) is 43.7. The van der Waals surface area contributed by atoms with Crippen molar-refractivity contribution in [2.24, 2.45) is 17.3 Å². The van der Waals surface area contributed by atoms with Crippen LogP contribution in [0.3, 0.4) is 0 Å². The summed E-state index contributed by atoms with van der Waals surface area (Å²) in [4.78, 5) is 2.84. The van der Waals surface area contributed by atoms with Crippen LogP contribution in [-0.2, 0) is 16.6 Å². The van der Waals surface area contributed by atoms with Crippen molar-refractivity contribution in [2.45, 2.75) is 87.6 Å². The van der Waals surface area contributed by atoms with Crippen molar-refractivity contribution in [1.29, 1.82) is 0 Å². The van der Waals surface area contributed by atoms with Crippen molar-refractivity contribution in [3.05, 3.63) is 23.3 Å². The van der Waals surface area contributed by atoms with E-state index in [1.165, 1.54) is 30.5 Å². The molecule has 7 aliphatic rings. The van der Waals surface area contributed by atoms with Crippen LogP contribution in [0.5, 0.6) is 11.5 Å². The fourth-order valence-electron chi connectivity index (χ4n) is 9.38. The topological polar surface area (TPSA) is 51.2 Å². The first kappa shape index (κ1) is 20.1. The molecule has 5 heteroatoms. The predicted molar refractivity (Wildman–Crippen MR) is 121 cm³/mol. The van der Waals surface area contributed by atoms with Crippen molar-refractivity contribution in [2.75, 3.05) is 27.3 Å². The molecule has 1 aromatic carbocycles. The minimum atomic E-state index is -0.816. The van der Waals surface area contributed by atoms with Crippen LogP contribution < -0.4 is 9.47 Å². The Morgan fingerprint density at radius 1 is 1.19 bits per heavy atom. The van der Waals surface area contributed by atoms with Crippen LogP contribution in [-0.4, -0.2) is 60.7 Å². The van der Waals surface area contributed by atoms with Gasteiger partial charge in [0.1, 0.15) is 11.7 Å². The van der Waals surface area contributed by atoms with Crippen molar-refractivity contribution in [3.63, 3.8) is 0 Å². The summed E-state index contributed by atoms with van der Waals surface area (Å²) in [6.07, 6.45) is 8.09. The van der Waals surface area contributed by atoms with E-state index in [-0.39, 0.29) is 22.9 Å². The number of piperidine rings is 1. The average Bonchev–Trinajstić information content (AvgIpc) is 3.51. The number of rotatable bonds is 5. The second-order valence-corrected chi connectivity index (χ2v) is 12.2. The SMILES string of the molecule is COc1ccc2c3c1OC1[C@@]4(OC)CCC5(C[C@@H]4C(C)(C)O)C(C2)N(CC2CC2)CC[C@]315. The number of fused-ring (bicyclic) bond motifs is 2. The summed E-state index contributed by atoms with van der Waals surface area (Å²) in [5, 5.41) is 11.4. The summed E-state index contributed by atoms with van der Waals surface area (Å²) in [6.45, 7) is 6.36. The van der Waals surface area contributed by atoms with Crippen LogP contribution in [0.4, 0.5) is 0 Å². The number of benzene rings is 1. The van der Waals surface area contributed by atoms with E-state index in [4.69, 9.17) is 14.2 Å². The lowest BCUT2D eigenvalue weighted by atomic mass is 9.34. The maximum Gasteiger partial charge on any atom is 0.165 e. The van der Waals surface area contributed by atoms with Gasteiger partial charge in [0.2, 0.25) is 0 Å². The summed E-state index contributed by atoms with van der Waals surface area (Å²) < 4.78 is 19.3. The monoisotopic (exact) mass is 439 g/mol. The lowest BCUT2D eigenvalue weighted by Gasteiger charge is -2.75. The summed E-state index contributed by atoms with van der Waals surface area (Å²) in [5.41, 5.74) is 1.69. The number of hydrogen-bond donors (Lipinski definition) is 1. The third kappa shape index (κ3) is 2.09. The van der Waals surface area contributed by atoms with E-state index in [0.29, 0.717) is 6.04 Å². The molecule has 0 aromatic heterocycles. The van der Waals surface area contributed by atoms with Gasteiger partial charge < -0.3 is 19.3 Å². The maximum atomic E-state index is 11.4. The maximum absolute atomic E-state index is 11.4. The Morgan fingerprint density at radius 2 is 2.00 bits per heavy atom.